The van der Waals surface area contributed by atoms with Gasteiger partial charge < -0.3 is 14.8 Å². The third-order valence-corrected chi connectivity index (χ3v) is 2.44. The van der Waals surface area contributed by atoms with Crippen LogP contribution in [0.3, 0.4) is 0 Å². The summed E-state index contributed by atoms with van der Waals surface area (Å²) in [7, 11) is 0. The van der Waals surface area contributed by atoms with Crippen molar-refractivity contribution in [2.45, 2.75) is 20.4 Å². The number of nitrogens with zero attached hydrogens (tertiary/aromatic N) is 3. The topological polar surface area (TPSA) is 75.3 Å². The van der Waals surface area contributed by atoms with Gasteiger partial charge in [-0.15, -0.1) is 5.10 Å². The fourth-order valence-electron chi connectivity index (χ4n) is 1.38. The van der Waals surface area contributed by atoms with Gasteiger partial charge in [-0.3, -0.25) is 0 Å². The normalized spacial score (nSPS) is 10.9. The fourth-order valence-corrected chi connectivity index (χ4v) is 1.38. The smallest absolute Gasteiger partial charge is 0.128 e. The van der Waals surface area contributed by atoms with E-state index in [9.17, 15) is 9.90 Å². The Morgan fingerprint density at radius 3 is 2.67 bits per heavy atom. The van der Waals surface area contributed by atoms with Gasteiger partial charge >= 0.3 is 0 Å². The molecule has 1 aromatic rings. The van der Waals surface area contributed by atoms with Gasteiger partial charge in [0.2, 0.25) is 0 Å². The molecular weight excluding hydrogens is 196 g/mol. The van der Waals surface area contributed by atoms with Crippen LogP contribution < -0.4 is 10.0 Å². The molecule has 0 aromatic carbocycles. The van der Waals surface area contributed by atoms with Crippen LogP contribution >= 0.6 is 0 Å². The van der Waals surface area contributed by atoms with Crippen molar-refractivity contribution in [2.75, 3.05) is 19.6 Å². The van der Waals surface area contributed by atoms with Gasteiger partial charge in [-0.1, -0.05) is 5.21 Å². The largest absolute Gasteiger partial charge is 0.543 e. The van der Waals surface area contributed by atoms with Gasteiger partial charge in [0, 0.05) is 0 Å². The van der Waals surface area contributed by atoms with Crippen molar-refractivity contribution < 1.29 is 14.8 Å². The molecule has 1 aromatic heterocycles. The Morgan fingerprint density at radius 2 is 2.20 bits per heavy atom. The van der Waals surface area contributed by atoms with Gasteiger partial charge in [-0.2, -0.15) is 0 Å². The number of quaternary nitrogens is 1. The summed E-state index contributed by atoms with van der Waals surface area (Å²) in [6, 6.07) is 0. The number of hydrogen-bond acceptors (Lipinski definition) is 4. The Bertz CT molecular complexity index is 320. The highest BCUT2D eigenvalue weighted by atomic mass is 16.4. The summed E-state index contributed by atoms with van der Waals surface area (Å²) >= 11 is 0. The first-order chi connectivity index (χ1) is 7.17. The quantitative estimate of drug-likeness (QED) is 0.569. The molecule has 0 saturated carbocycles. The molecule has 1 heterocycles. The molecule has 6 nitrogen and oxygen atoms in total. The average Bonchev–Trinajstić information content (AvgIpc) is 2.68. The van der Waals surface area contributed by atoms with Crippen LogP contribution in [0.4, 0.5) is 0 Å². The Hall–Kier alpha value is -1.43. The van der Waals surface area contributed by atoms with Crippen molar-refractivity contribution in [2.24, 2.45) is 0 Å². The van der Waals surface area contributed by atoms with E-state index in [1.165, 1.54) is 15.8 Å². The molecule has 15 heavy (non-hydrogen) atoms. The highest BCUT2D eigenvalue weighted by Crippen LogP contribution is 1.89. The van der Waals surface area contributed by atoms with Gasteiger partial charge in [0.25, 0.3) is 0 Å². The predicted octanol–water partition coefficient (Wildman–Crippen LogP) is -2.43. The highest BCUT2D eigenvalue weighted by Gasteiger charge is 2.05. The first kappa shape index (κ1) is 11.6. The minimum atomic E-state index is -1.28. The van der Waals surface area contributed by atoms with Gasteiger partial charge in [0.15, 0.2) is 0 Å². The number of aromatic carboxylic acids is 1. The molecular formula is C9H16N4O2. The van der Waals surface area contributed by atoms with Crippen molar-refractivity contribution in [1.29, 1.82) is 0 Å². The molecule has 0 aliphatic rings. The third kappa shape index (κ3) is 3.32. The van der Waals surface area contributed by atoms with Crippen molar-refractivity contribution in [3.05, 3.63) is 11.9 Å². The summed E-state index contributed by atoms with van der Waals surface area (Å²) in [6.07, 6.45) is 1.40. The highest BCUT2D eigenvalue weighted by molar-refractivity contribution is 5.82. The Morgan fingerprint density at radius 1 is 1.53 bits per heavy atom. The standard InChI is InChI=1S/C9H16N4O2/c1-3-12(4-2)5-6-13-7-8(9(14)15)10-11-13/h7H,3-6H2,1-2H3,(H,14,15). The third-order valence-electron chi connectivity index (χ3n) is 2.44. The van der Waals surface area contributed by atoms with Crippen LogP contribution in [0, 0.1) is 0 Å². The monoisotopic (exact) mass is 212 g/mol. The van der Waals surface area contributed by atoms with E-state index in [1.807, 2.05) is 0 Å². The number of likely N-dealkylation sites (N-methyl/N-ethyl adjacent to an activating group) is 1. The molecule has 0 amide bonds. The minimum absolute atomic E-state index is 0.107. The number of aromatic nitrogens is 3. The second-order valence-corrected chi connectivity index (χ2v) is 3.36. The zero-order valence-electron chi connectivity index (χ0n) is 9.06. The Kier molecular flexibility index (Phi) is 4.23. The van der Waals surface area contributed by atoms with Crippen molar-refractivity contribution in [3.8, 4) is 0 Å². The average molecular weight is 212 g/mol. The molecule has 0 radical (unpaired) electrons. The molecule has 1 rings (SSSR count). The number of hydrogen-bond donors (Lipinski definition) is 1. The van der Waals surface area contributed by atoms with Crippen molar-refractivity contribution >= 4 is 5.97 Å². The van der Waals surface area contributed by atoms with Crippen LogP contribution in [0.5, 0.6) is 0 Å². The Balaban J connectivity index is 2.47. The molecule has 0 fully saturated rings. The predicted molar refractivity (Wildman–Crippen MR) is 51.3 cm³/mol. The molecule has 0 saturated heterocycles. The SMILES string of the molecule is CC[NH+](CC)CCn1cc(C(=O)[O-])nn1. The number of carbonyl (C=O) groups excluding carboxylic acids is 1. The van der Waals surface area contributed by atoms with Gasteiger partial charge in [-0.25, -0.2) is 4.68 Å². The molecule has 6 heteroatoms. The van der Waals surface area contributed by atoms with Crippen LogP contribution in [0.15, 0.2) is 6.20 Å². The lowest BCUT2D eigenvalue weighted by Crippen LogP contribution is -3.11. The second-order valence-electron chi connectivity index (χ2n) is 3.36. The zero-order chi connectivity index (χ0) is 11.3. The number of nitrogens with one attached hydrogen (secondary N) is 1. The number of carboxylic acid groups (broad SMARTS) is 1. The van der Waals surface area contributed by atoms with E-state index in [0.717, 1.165) is 19.6 Å². The second kappa shape index (κ2) is 5.45. The molecule has 0 aliphatic heterocycles. The molecule has 84 valence electrons. The Labute approximate surface area is 88.5 Å². The summed E-state index contributed by atoms with van der Waals surface area (Å²) in [5, 5.41) is 17.6. The molecule has 0 bridgehead atoms. The lowest BCUT2D eigenvalue weighted by Gasteiger charge is -2.14. The van der Waals surface area contributed by atoms with Crippen LogP contribution in [0.1, 0.15) is 24.3 Å². The molecule has 0 spiro atoms. The first-order valence-corrected chi connectivity index (χ1v) is 5.12. The summed E-state index contributed by atoms with van der Waals surface area (Å²) < 4.78 is 1.54. The summed E-state index contributed by atoms with van der Waals surface area (Å²) in [4.78, 5) is 11.9. The van der Waals surface area contributed by atoms with Gasteiger partial charge in [0.1, 0.15) is 5.69 Å². The van der Waals surface area contributed by atoms with E-state index in [1.54, 1.807) is 0 Å². The van der Waals surface area contributed by atoms with E-state index in [0.29, 0.717) is 6.54 Å². The molecule has 0 unspecified atom stereocenters. The number of rotatable bonds is 6. The molecule has 0 atom stereocenters. The lowest BCUT2D eigenvalue weighted by molar-refractivity contribution is -0.897. The minimum Gasteiger partial charge on any atom is -0.543 e. The maximum Gasteiger partial charge on any atom is 0.128 e. The van der Waals surface area contributed by atoms with Crippen LogP contribution in [0.25, 0.3) is 0 Å². The maximum atomic E-state index is 10.4. The number of carboxylic acids is 1. The lowest BCUT2D eigenvalue weighted by atomic mass is 10.4. The number of carbonyl (C=O) groups is 1. The van der Waals surface area contributed by atoms with E-state index in [-0.39, 0.29) is 5.69 Å². The maximum absolute atomic E-state index is 10.4. The van der Waals surface area contributed by atoms with E-state index < -0.39 is 5.97 Å². The van der Waals surface area contributed by atoms with Gasteiger partial charge in [0.05, 0.1) is 38.3 Å². The summed E-state index contributed by atoms with van der Waals surface area (Å²) in [5.41, 5.74) is -0.107. The molecule has 0 aliphatic carbocycles. The van der Waals surface area contributed by atoms with Gasteiger partial charge in [-0.05, 0) is 13.8 Å². The summed E-state index contributed by atoms with van der Waals surface area (Å²) in [5.74, 6) is -1.28. The van der Waals surface area contributed by atoms with Crippen molar-refractivity contribution in [1.82, 2.24) is 15.0 Å². The van der Waals surface area contributed by atoms with Crippen LogP contribution in [-0.4, -0.2) is 40.6 Å². The molecule has 1 N–H and O–H groups in total. The zero-order valence-corrected chi connectivity index (χ0v) is 9.06. The van der Waals surface area contributed by atoms with E-state index in [2.05, 4.69) is 24.2 Å². The fraction of sp³-hybridized carbons (Fsp3) is 0.667. The van der Waals surface area contributed by atoms with Crippen LogP contribution in [-0.2, 0) is 6.54 Å². The first-order valence-electron chi connectivity index (χ1n) is 5.12. The van der Waals surface area contributed by atoms with Crippen molar-refractivity contribution in [3.63, 3.8) is 0 Å². The van der Waals surface area contributed by atoms with Crippen LogP contribution in [0.2, 0.25) is 0 Å². The summed E-state index contributed by atoms with van der Waals surface area (Å²) in [6.45, 7) is 7.94. The van der Waals surface area contributed by atoms with E-state index in [4.69, 9.17) is 0 Å². The van der Waals surface area contributed by atoms with E-state index >= 15 is 0 Å².